The Labute approximate surface area is 110 Å². The summed E-state index contributed by atoms with van der Waals surface area (Å²) in [5.41, 5.74) is 0.125. The third-order valence-corrected chi connectivity index (χ3v) is 4.20. The Morgan fingerprint density at radius 3 is 3.00 bits per heavy atom. The van der Waals surface area contributed by atoms with E-state index in [1.54, 1.807) is 6.07 Å². The fraction of sp³-hybridized carbons (Fsp3) is 0.500. The largest absolute Gasteiger partial charge is 0.468 e. The Bertz CT molecular complexity index is 573. The van der Waals surface area contributed by atoms with Gasteiger partial charge in [-0.15, -0.1) is 0 Å². The van der Waals surface area contributed by atoms with Gasteiger partial charge in [0, 0.05) is 18.0 Å². The molecule has 2 fully saturated rings. The predicted octanol–water partition coefficient (Wildman–Crippen LogP) is 2.55. The molecule has 100 valence electrons. The van der Waals surface area contributed by atoms with Gasteiger partial charge < -0.3 is 10.1 Å². The summed E-state index contributed by atoms with van der Waals surface area (Å²) in [6.45, 7) is 1.95. The molecule has 0 radical (unpaired) electrons. The Kier molecular flexibility index (Phi) is 1.99. The number of nitrogens with zero attached hydrogens (tertiary/aromatic N) is 1. The van der Waals surface area contributed by atoms with Crippen molar-refractivity contribution in [1.82, 2.24) is 10.2 Å². The summed E-state index contributed by atoms with van der Waals surface area (Å²) in [5.74, 6) is 0.371. The number of rotatable bonds is 1. The van der Waals surface area contributed by atoms with Crippen LogP contribution in [0.3, 0.4) is 0 Å². The molecule has 1 aliphatic carbocycles. The second-order valence-corrected chi connectivity index (χ2v) is 5.77. The first-order chi connectivity index (χ1) is 9.07. The predicted molar refractivity (Wildman–Crippen MR) is 66.2 cm³/mol. The van der Waals surface area contributed by atoms with E-state index in [0.29, 0.717) is 12.2 Å². The lowest BCUT2D eigenvalue weighted by Crippen LogP contribution is -2.65. The Morgan fingerprint density at radius 2 is 2.26 bits per heavy atom. The molecule has 1 aromatic carbocycles. The van der Waals surface area contributed by atoms with E-state index in [1.807, 2.05) is 11.8 Å². The minimum atomic E-state index is -0.612. The van der Waals surface area contributed by atoms with Crippen LogP contribution in [0.25, 0.3) is 0 Å². The molecule has 2 aliphatic heterocycles. The number of hydrogen-bond acceptors (Lipinski definition) is 2. The molecule has 4 nitrogen and oxygen atoms in total. The maximum Gasteiger partial charge on any atom is 0.321 e. The number of hydrogen-bond donors (Lipinski definition) is 1. The van der Waals surface area contributed by atoms with Crippen LogP contribution in [0.2, 0.25) is 0 Å². The van der Waals surface area contributed by atoms with Gasteiger partial charge >= 0.3 is 6.03 Å². The van der Waals surface area contributed by atoms with E-state index in [9.17, 15) is 9.18 Å². The zero-order chi connectivity index (χ0) is 13.2. The van der Waals surface area contributed by atoms with E-state index in [0.717, 1.165) is 18.4 Å². The van der Waals surface area contributed by atoms with E-state index >= 15 is 0 Å². The highest BCUT2D eigenvalue weighted by Crippen LogP contribution is 2.47. The van der Waals surface area contributed by atoms with Gasteiger partial charge in [0.1, 0.15) is 11.6 Å². The zero-order valence-electron chi connectivity index (χ0n) is 10.6. The number of ether oxygens (including phenoxy) is 1. The van der Waals surface area contributed by atoms with Gasteiger partial charge in [-0.1, -0.05) is 0 Å². The second kappa shape index (κ2) is 3.40. The first-order valence-corrected chi connectivity index (χ1v) is 6.65. The molecular weight excluding hydrogens is 247 g/mol. The van der Waals surface area contributed by atoms with Crippen LogP contribution in [-0.4, -0.2) is 22.7 Å². The highest BCUT2D eigenvalue weighted by molar-refractivity contribution is 5.78. The van der Waals surface area contributed by atoms with Crippen molar-refractivity contribution in [2.75, 3.05) is 0 Å². The summed E-state index contributed by atoms with van der Waals surface area (Å²) in [4.78, 5) is 14.0. The monoisotopic (exact) mass is 262 g/mol. The van der Waals surface area contributed by atoms with Crippen LogP contribution < -0.4 is 10.1 Å². The fourth-order valence-corrected chi connectivity index (χ4v) is 3.25. The van der Waals surface area contributed by atoms with Crippen LogP contribution in [0.15, 0.2) is 18.2 Å². The van der Waals surface area contributed by atoms with Crippen LogP contribution >= 0.6 is 0 Å². The van der Waals surface area contributed by atoms with Crippen molar-refractivity contribution in [2.24, 2.45) is 0 Å². The summed E-state index contributed by atoms with van der Waals surface area (Å²) >= 11 is 0. The van der Waals surface area contributed by atoms with Gasteiger partial charge in [0.05, 0.1) is 6.04 Å². The molecular formula is C14H15FN2O2. The summed E-state index contributed by atoms with van der Waals surface area (Å²) < 4.78 is 19.4. The highest BCUT2D eigenvalue weighted by Gasteiger charge is 2.53. The van der Waals surface area contributed by atoms with Gasteiger partial charge in [-0.3, -0.25) is 4.90 Å². The van der Waals surface area contributed by atoms with Crippen molar-refractivity contribution in [2.45, 2.75) is 44.0 Å². The van der Waals surface area contributed by atoms with Crippen molar-refractivity contribution in [3.05, 3.63) is 29.6 Å². The molecule has 3 aliphatic rings. The SMILES string of the molecule is CC12CC(NC(=O)N1C1CC1)c1cc(F)ccc1O2. The van der Waals surface area contributed by atoms with Crippen molar-refractivity contribution >= 4 is 6.03 Å². The molecule has 19 heavy (non-hydrogen) atoms. The Morgan fingerprint density at radius 1 is 1.47 bits per heavy atom. The van der Waals surface area contributed by atoms with E-state index in [1.165, 1.54) is 12.1 Å². The van der Waals surface area contributed by atoms with Crippen LogP contribution in [0, 0.1) is 5.82 Å². The topological polar surface area (TPSA) is 41.6 Å². The molecule has 1 saturated carbocycles. The van der Waals surface area contributed by atoms with Gasteiger partial charge in [-0.25, -0.2) is 9.18 Å². The Balaban J connectivity index is 1.80. The number of carbonyl (C=O) groups is 1. The standard InChI is InChI=1S/C14H15FN2O2/c1-14-7-11(16-13(18)17(14)9-3-4-9)10-6-8(15)2-5-12(10)19-14/h2,5-6,9,11H,3-4,7H2,1H3,(H,16,18). The Hall–Kier alpha value is -1.78. The van der Waals surface area contributed by atoms with E-state index in [-0.39, 0.29) is 23.9 Å². The van der Waals surface area contributed by atoms with Gasteiger partial charge in [0.15, 0.2) is 5.72 Å². The van der Waals surface area contributed by atoms with Crippen molar-refractivity contribution < 1.29 is 13.9 Å². The molecule has 2 bridgehead atoms. The minimum Gasteiger partial charge on any atom is -0.468 e. The average molecular weight is 262 g/mol. The molecule has 1 aromatic rings. The molecule has 2 heterocycles. The number of nitrogens with one attached hydrogen (secondary N) is 1. The first-order valence-electron chi connectivity index (χ1n) is 6.65. The van der Waals surface area contributed by atoms with Crippen LogP contribution in [0.5, 0.6) is 5.75 Å². The summed E-state index contributed by atoms with van der Waals surface area (Å²) in [7, 11) is 0. The quantitative estimate of drug-likeness (QED) is 0.845. The number of urea groups is 1. The minimum absolute atomic E-state index is 0.101. The summed E-state index contributed by atoms with van der Waals surface area (Å²) in [6.07, 6.45) is 2.73. The lowest BCUT2D eigenvalue weighted by atomic mass is 9.90. The number of halogens is 1. The molecule has 1 saturated heterocycles. The zero-order valence-corrected chi connectivity index (χ0v) is 10.6. The van der Waals surface area contributed by atoms with Crippen molar-refractivity contribution in [3.63, 3.8) is 0 Å². The number of benzene rings is 1. The van der Waals surface area contributed by atoms with Crippen molar-refractivity contribution in [3.8, 4) is 5.75 Å². The molecule has 2 atom stereocenters. The van der Waals surface area contributed by atoms with Crippen LogP contribution in [-0.2, 0) is 0 Å². The highest BCUT2D eigenvalue weighted by atomic mass is 19.1. The summed E-state index contributed by atoms with van der Waals surface area (Å²) in [5, 5.41) is 2.97. The maximum atomic E-state index is 13.3. The van der Waals surface area contributed by atoms with Crippen LogP contribution in [0.4, 0.5) is 9.18 Å². The smallest absolute Gasteiger partial charge is 0.321 e. The fourth-order valence-electron chi connectivity index (χ4n) is 3.25. The normalized spacial score (nSPS) is 32.4. The average Bonchev–Trinajstić information content (AvgIpc) is 3.14. The number of amides is 2. The third-order valence-electron chi connectivity index (χ3n) is 4.20. The van der Waals surface area contributed by atoms with E-state index in [2.05, 4.69) is 5.32 Å². The van der Waals surface area contributed by atoms with E-state index < -0.39 is 5.72 Å². The maximum absolute atomic E-state index is 13.3. The van der Waals surface area contributed by atoms with Gasteiger partial charge in [-0.05, 0) is 38.0 Å². The summed E-state index contributed by atoms with van der Waals surface area (Å²) in [6, 6.07) is 4.52. The lowest BCUT2D eigenvalue weighted by Gasteiger charge is -2.51. The van der Waals surface area contributed by atoms with Gasteiger partial charge in [0.25, 0.3) is 0 Å². The van der Waals surface area contributed by atoms with Crippen molar-refractivity contribution in [1.29, 1.82) is 0 Å². The number of carbonyl (C=O) groups excluding carboxylic acids is 1. The second-order valence-electron chi connectivity index (χ2n) is 5.77. The van der Waals surface area contributed by atoms with Gasteiger partial charge in [0.2, 0.25) is 0 Å². The third kappa shape index (κ3) is 1.54. The molecule has 4 rings (SSSR count). The number of fused-ring (bicyclic) bond motifs is 4. The van der Waals surface area contributed by atoms with Gasteiger partial charge in [-0.2, -0.15) is 0 Å². The molecule has 1 N–H and O–H groups in total. The molecule has 0 aromatic heterocycles. The van der Waals surface area contributed by atoms with Crippen LogP contribution in [0.1, 0.15) is 37.8 Å². The lowest BCUT2D eigenvalue weighted by molar-refractivity contribution is -0.0879. The van der Waals surface area contributed by atoms with E-state index in [4.69, 9.17) is 4.74 Å². The first kappa shape index (κ1) is 11.1. The molecule has 0 spiro atoms. The molecule has 5 heteroatoms. The molecule has 2 unspecified atom stereocenters. The molecule has 2 amide bonds.